The Hall–Kier alpha value is -3.07. The smallest absolute Gasteiger partial charge is 0.319 e. The van der Waals surface area contributed by atoms with E-state index in [1.807, 2.05) is 0 Å². The molecule has 1 aliphatic rings. The van der Waals surface area contributed by atoms with Crippen LogP contribution >= 0.6 is 0 Å². The molecule has 0 spiro atoms. The Bertz CT molecular complexity index is 973. The van der Waals surface area contributed by atoms with Gasteiger partial charge in [-0.15, -0.1) is 0 Å². The topological polar surface area (TPSA) is 114 Å². The molecule has 1 aliphatic heterocycles. The molecule has 0 bridgehead atoms. The minimum absolute atomic E-state index is 0.0379. The number of carbonyl (C=O) groups is 2. The van der Waals surface area contributed by atoms with Crippen LogP contribution in [-0.2, 0) is 9.84 Å². The van der Waals surface area contributed by atoms with Gasteiger partial charge in [-0.1, -0.05) is 6.07 Å². The van der Waals surface area contributed by atoms with Crippen molar-refractivity contribution < 1.29 is 22.7 Å². The minimum atomic E-state index is -3.05. The van der Waals surface area contributed by atoms with Crippen LogP contribution in [0.5, 0.6) is 5.75 Å². The first kappa shape index (κ1) is 19.7. The first-order chi connectivity index (χ1) is 13.3. The molecule has 148 valence electrons. The molecule has 1 unspecified atom stereocenters. The van der Waals surface area contributed by atoms with Gasteiger partial charge in [0, 0.05) is 29.0 Å². The van der Waals surface area contributed by atoms with Crippen LogP contribution in [0.3, 0.4) is 0 Å². The number of anilines is 2. The van der Waals surface area contributed by atoms with Crippen LogP contribution in [0.1, 0.15) is 16.8 Å². The molecule has 3 amide bonds. The summed E-state index contributed by atoms with van der Waals surface area (Å²) in [7, 11) is -1.50. The zero-order valence-corrected chi connectivity index (χ0v) is 16.1. The van der Waals surface area contributed by atoms with E-state index in [1.165, 1.54) is 0 Å². The summed E-state index contributed by atoms with van der Waals surface area (Å²) < 4.78 is 28.0. The van der Waals surface area contributed by atoms with E-state index in [4.69, 9.17) is 4.74 Å². The zero-order chi connectivity index (χ0) is 20.1. The summed E-state index contributed by atoms with van der Waals surface area (Å²) in [5.74, 6) is 0.401. The molecule has 0 aromatic heterocycles. The van der Waals surface area contributed by atoms with Crippen LogP contribution in [0.4, 0.5) is 16.2 Å². The van der Waals surface area contributed by atoms with Crippen molar-refractivity contribution in [2.45, 2.75) is 12.5 Å². The van der Waals surface area contributed by atoms with E-state index in [9.17, 15) is 18.0 Å². The van der Waals surface area contributed by atoms with Crippen molar-refractivity contribution in [2.24, 2.45) is 0 Å². The fourth-order valence-electron chi connectivity index (χ4n) is 2.87. The van der Waals surface area contributed by atoms with Crippen molar-refractivity contribution in [2.75, 3.05) is 29.2 Å². The monoisotopic (exact) mass is 403 g/mol. The lowest BCUT2D eigenvalue weighted by Gasteiger charge is -2.12. The number of hydrogen-bond acceptors (Lipinski definition) is 5. The molecule has 9 heteroatoms. The number of ether oxygens (including phenoxy) is 1. The van der Waals surface area contributed by atoms with E-state index >= 15 is 0 Å². The molecule has 0 saturated carbocycles. The van der Waals surface area contributed by atoms with E-state index in [-0.39, 0.29) is 23.5 Å². The molecule has 1 saturated heterocycles. The standard InChI is InChI=1S/C19H21N3O5S/c1-27-17-4-2-3-15(11-17)20-18(23)13-5-7-14(8-6-13)21-19(24)22-16-9-10-28(25,26)12-16/h2-8,11,16H,9-10,12H2,1H3,(H,20,23)(H2,21,22,24). The Labute approximate surface area is 163 Å². The average molecular weight is 403 g/mol. The summed E-state index contributed by atoms with van der Waals surface area (Å²) in [6.07, 6.45) is 0.416. The van der Waals surface area contributed by atoms with Gasteiger partial charge in [-0.2, -0.15) is 0 Å². The minimum Gasteiger partial charge on any atom is -0.497 e. The lowest BCUT2D eigenvalue weighted by Crippen LogP contribution is -2.38. The number of carbonyl (C=O) groups excluding carboxylic acids is 2. The molecular formula is C19H21N3O5S. The van der Waals surface area contributed by atoms with Gasteiger partial charge in [-0.05, 0) is 42.8 Å². The molecule has 28 heavy (non-hydrogen) atoms. The first-order valence-corrected chi connectivity index (χ1v) is 10.5. The fourth-order valence-corrected chi connectivity index (χ4v) is 4.54. The second-order valence-electron chi connectivity index (χ2n) is 6.46. The average Bonchev–Trinajstić information content (AvgIpc) is 3.00. The molecule has 2 aromatic carbocycles. The second kappa shape index (κ2) is 8.30. The van der Waals surface area contributed by atoms with Gasteiger partial charge in [-0.25, -0.2) is 13.2 Å². The molecule has 0 aliphatic carbocycles. The van der Waals surface area contributed by atoms with Gasteiger partial charge in [0.2, 0.25) is 0 Å². The molecule has 3 N–H and O–H groups in total. The maximum absolute atomic E-state index is 12.3. The lowest BCUT2D eigenvalue weighted by atomic mass is 10.2. The van der Waals surface area contributed by atoms with Gasteiger partial charge >= 0.3 is 6.03 Å². The molecular weight excluding hydrogens is 382 g/mol. The van der Waals surface area contributed by atoms with Crippen molar-refractivity contribution in [1.29, 1.82) is 0 Å². The fraction of sp³-hybridized carbons (Fsp3) is 0.263. The van der Waals surface area contributed by atoms with Gasteiger partial charge in [0.15, 0.2) is 9.84 Å². The Morgan fingerprint density at radius 1 is 1.04 bits per heavy atom. The van der Waals surface area contributed by atoms with Gasteiger partial charge in [0.05, 0.1) is 18.6 Å². The quantitative estimate of drug-likeness (QED) is 0.709. The Morgan fingerprint density at radius 3 is 2.43 bits per heavy atom. The van der Waals surface area contributed by atoms with Crippen LogP contribution < -0.4 is 20.7 Å². The summed E-state index contributed by atoms with van der Waals surface area (Å²) in [6.45, 7) is 0. The highest BCUT2D eigenvalue weighted by atomic mass is 32.2. The van der Waals surface area contributed by atoms with Crippen molar-refractivity contribution >= 4 is 33.2 Å². The molecule has 0 radical (unpaired) electrons. The summed E-state index contributed by atoms with van der Waals surface area (Å²) in [4.78, 5) is 24.3. The molecule has 1 fully saturated rings. The van der Waals surface area contributed by atoms with Gasteiger partial charge in [0.25, 0.3) is 5.91 Å². The van der Waals surface area contributed by atoms with Crippen LogP contribution in [0, 0.1) is 0 Å². The molecule has 1 heterocycles. The van der Waals surface area contributed by atoms with Crippen molar-refractivity contribution in [3.8, 4) is 5.75 Å². The summed E-state index contributed by atoms with van der Waals surface area (Å²) >= 11 is 0. The van der Waals surface area contributed by atoms with E-state index in [2.05, 4.69) is 16.0 Å². The van der Waals surface area contributed by atoms with E-state index < -0.39 is 15.9 Å². The van der Waals surface area contributed by atoms with Crippen LogP contribution in [0.25, 0.3) is 0 Å². The summed E-state index contributed by atoms with van der Waals surface area (Å²) in [5, 5.41) is 8.05. The largest absolute Gasteiger partial charge is 0.497 e. The van der Waals surface area contributed by atoms with Crippen molar-refractivity contribution in [3.63, 3.8) is 0 Å². The predicted molar refractivity (Wildman–Crippen MR) is 107 cm³/mol. The van der Waals surface area contributed by atoms with Crippen LogP contribution in [-0.4, -0.2) is 45.0 Å². The number of hydrogen-bond donors (Lipinski definition) is 3. The molecule has 8 nitrogen and oxygen atoms in total. The first-order valence-electron chi connectivity index (χ1n) is 8.68. The van der Waals surface area contributed by atoms with Crippen LogP contribution in [0.15, 0.2) is 48.5 Å². The Kier molecular flexibility index (Phi) is 5.84. The Morgan fingerprint density at radius 2 is 1.79 bits per heavy atom. The SMILES string of the molecule is COc1cccc(NC(=O)c2ccc(NC(=O)NC3CCS(=O)(=O)C3)cc2)c1. The van der Waals surface area contributed by atoms with Crippen LogP contribution in [0.2, 0.25) is 0 Å². The second-order valence-corrected chi connectivity index (χ2v) is 8.69. The number of urea groups is 1. The third-order valence-corrected chi connectivity index (χ3v) is 6.07. The van der Waals surface area contributed by atoms with Gasteiger partial charge in [-0.3, -0.25) is 4.79 Å². The highest BCUT2D eigenvalue weighted by Gasteiger charge is 2.28. The van der Waals surface area contributed by atoms with Crippen molar-refractivity contribution in [3.05, 3.63) is 54.1 Å². The zero-order valence-electron chi connectivity index (χ0n) is 15.3. The number of nitrogens with one attached hydrogen (secondary N) is 3. The van der Waals surface area contributed by atoms with E-state index in [0.29, 0.717) is 29.1 Å². The maximum atomic E-state index is 12.3. The summed E-state index contributed by atoms with van der Waals surface area (Å²) in [5.41, 5.74) is 1.53. The number of amides is 3. The maximum Gasteiger partial charge on any atom is 0.319 e. The summed E-state index contributed by atoms with van der Waals surface area (Å²) in [6, 6.07) is 12.5. The van der Waals surface area contributed by atoms with Gasteiger partial charge < -0.3 is 20.7 Å². The third kappa shape index (κ3) is 5.23. The van der Waals surface area contributed by atoms with E-state index in [1.54, 1.807) is 55.6 Å². The van der Waals surface area contributed by atoms with Gasteiger partial charge in [0.1, 0.15) is 5.75 Å². The normalized spacial score (nSPS) is 17.5. The Balaban J connectivity index is 1.55. The number of methoxy groups -OCH3 is 1. The predicted octanol–water partition coefficient (Wildman–Crippen LogP) is 2.26. The number of sulfone groups is 1. The third-order valence-electron chi connectivity index (χ3n) is 4.30. The molecule has 1 atom stereocenters. The lowest BCUT2D eigenvalue weighted by molar-refractivity contribution is 0.102. The van der Waals surface area contributed by atoms with Crippen molar-refractivity contribution in [1.82, 2.24) is 5.32 Å². The number of benzene rings is 2. The highest BCUT2D eigenvalue weighted by molar-refractivity contribution is 7.91. The van der Waals surface area contributed by atoms with E-state index in [0.717, 1.165) is 0 Å². The number of rotatable bonds is 5. The molecule has 2 aromatic rings. The molecule has 3 rings (SSSR count). The highest BCUT2D eigenvalue weighted by Crippen LogP contribution is 2.18.